The highest BCUT2D eigenvalue weighted by Gasteiger charge is 2.39. The zero-order valence-corrected chi connectivity index (χ0v) is 24.2. The van der Waals surface area contributed by atoms with Gasteiger partial charge < -0.3 is 19.1 Å². The Labute approximate surface area is 251 Å². The number of carboxylic acids is 1. The SMILES string of the molecule is CC1(C)COCC1n1c(Cc2cc(F)c(-c3cccc(OCc4ccc(Cl)cc4)n3)cc2F)nc2ccc(C(=O)O)cc21. The van der Waals surface area contributed by atoms with Crippen molar-refractivity contribution in [3.05, 3.63) is 112 Å². The lowest BCUT2D eigenvalue weighted by atomic mass is 9.87. The number of halogens is 3. The smallest absolute Gasteiger partial charge is 0.335 e. The molecular weight excluding hydrogens is 576 g/mol. The van der Waals surface area contributed by atoms with Crippen molar-refractivity contribution >= 4 is 28.6 Å². The second-order valence-corrected chi connectivity index (χ2v) is 11.7. The molecule has 0 spiro atoms. The number of ether oxygens (including phenoxy) is 2. The van der Waals surface area contributed by atoms with Crippen LogP contribution in [0.25, 0.3) is 22.3 Å². The Morgan fingerprint density at radius 1 is 1.07 bits per heavy atom. The lowest BCUT2D eigenvalue weighted by Gasteiger charge is -2.28. The molecule has 1 atom stereocenters. The van der Waals surface area contributed by atoms with Gasteiger partial charge >= 0.3 is 5.97 Å². The standard InChI is InChI=1S/C33H28ClF2N3O4/c1-33(2)18-42-17-29(33)39-28-13-20(32(40)41)8-11-27(28)37-30(39)14-21-12-25(36)23(15-24(21)35)26-4-3-5-31(38-26)43-16-19-6-9-22(34)10-7-19/h3-13,15,29H,14,16-18H2,1-2H3,(H,40,41). The highest BCUT2D eigenvalue weighted by molar-refractivity contribution is 6.30. The van der Waals surface area contributed by atoms with Gasteiger partial charge in [0.15, 0.2) is 0 Å². The topological polar surface area (TPSA) is 86.5 Å². The van der Waals surface area contributed by atoms with Gasteiger partial charge in [0.2, 0.25) is 5.88 Å². The second-order valence-electron chi connectivity index (χ2n) is 11.3. The Hall–Kier alpha value is -4.34. The number of benzene rings is 3. The molecule has 10 heteroatoms. The highest BCUT2D eigenvalue weighted by Crippen LogP contribution is 2.40. The van der Waals surface area contributed by atoms with Gasteiger partial charge in [0, 0.05) is 28.5 Å². The lowest BCUT2D eigenvalue weighted by Crippen LogP contribution is -2.27. The first-order valence-electron chi connectivity index (χ1n) is 13.7. The van der Waals surface area contributed by atoms with E-state index in [1.807, 2.05) is 16.7 Å². The van der Waals surface area contributed by atoms with Crippen LogP contribution in [-0.4, -0.2) is 38.8 Å². The number of rotatable bonds is 8. The summed E-state index contributed by atoms with van der Waals surface area (Å²) in [6.45, 7) is 5.23. The first-order chi connectivity index (χ1) is 20.6. The molecule has 6 rings (SSSR count). The molecule has 0 aliphatic carbocycles. The van der Waals surface area contributed by atoms with Gasteiger partial charge in [0.05, 0.1) is 41.5 Å². The van der Waals surface area contributed by atoms with E-state index in [1.54, 1.807) is 42.5 Å². The van der Waals surface area contributed by atoms with E-state index in [0.29, 0.717) is 35.1 Å². The van der Waals surface area contributed by atoms with E-state index in [-0.39, 0.29) is 52.7 Å². The molecule has 0 bridgehead atoms. The molecule has 1 N–H and O–H groups in total. The molecule has 1 unspecified atom stereocenters. The van der Waals surface area contributed by atoms with Crippen molar-refractivity contribution in [3.63, 3.8) is 0 Å². The van der Waals surface area contributed by atoms with Crippen LogP contribution in [0.2, 0.25) is 5.02 Å². The van der Waals surface area contributed by atoms with E-state index in [9.17, 15) is 9.90 Å². The summed E-state index contributed by atoms with van der Waals surface area (Å²) >= 11 is 5.94. The molecule has 2 aromatic heterocycles. The van der Waals surface area contributed by atoms with E-state index >= 15 is 8.78 Å². The van der Waals surface area contributed by atoms with Crippen molar-refractivity contribution in [2.45, 2.75) is 32.9 Å². The molecule has 1 fully saturated rings. The number of nitrogens with zero attached hydrogens (tertiary/aromatic N) is 3. The first-order valence-corrected chi connectivity index (χ1v) is 14.1. The van der Waals surface area contributed by atoms with Crippen LogP contribution in [0, 0.1) is 17.0 Å². The fraction of sp³-hybridized carbons (Fsp3) is 0.242. The third-order valence-electron chi connectivity index (χ3n) is 7.76. The normalized spacial score (nSPS) is 16.1. The van der Waals surface area contributed by atoms with Crippen LogP contribution in [0.5, 0.6) is 5.88 Å². The maximum atomic E-state index is 15.6. The third kappa shape index (κ3) is 5.83. The van der Waals surface area contributed by atoms with E-state index in [2.05, 4.69) is 18.8 Å². The van der Waals surface area contributed by atoms with E-state index in [1.165, 1.54) is 6.07 Å². The summed E-state index contributed by atoms with van der Waals surface area (Å²) in [5.41, 5.74) is 2.24. The Kier molecular flexibility index (Phi) is 7.62. The largest absolute Gasteiger partial charge is 0.478 e. The maximum Gasteiger partial charge on any atom is 0.335 e. The summed E-state index contributed by atoms with van der Waals surface area (Å²) in [5.74, 6) is -1.55. The fourth-order valence-corrected chi connectivity index (χ4v) is 5.53. The summed E-state index contributed by atoms with van der Waals surface area (Å²) in [6.07, 6.45) is -0.00955. The van der Waals surface area contributed by atoms with Gasteiger partial charge in [-0.1, -0.05) is 43.6 Å². The third-order valence-corrected chi connectivity index (χ3v) is 8.01. The van der Waals surface area contributed by atoms with E-state index in [0.717, 1.165) is 17.7 Å². The predicted molar refractivity (Wildman–Crippen MR) is 159 cm³/mol. The van der Waals surface area contributed by atoms with Crippen LogP contribution in [0.1, 0.15) is 47.2 Å². The van der Waals surface area contributed by atoms with E-state index in [4.69, 9.17) is 26.1 Å². The zero-order chi connectivity index (χ0) is 30.3. The first kappa shape index (κ1) is 28.8. The minimum Gasteiger partial charge on any atom is -0.478 e. The molecule has 5 aromatic rings. The van der Waals surface area contributed by atoms with Crippen molar-refractivity contribution in [1.82, 2.24) is 14.5 Å². The Morgan fingerprint density at radius 3 is 2.58 bits per heavy atom. The molecule has 0 radical (unpaired) electrons. The molecular formula is C33H28ClF2N3O4. The number of hydrogen-bond acceptors (Lipinski definition) is 5. The molecule has 3 heterocycles. The molecule has 7 nitrogen and oxygen atoms in total. The van der Waals surface area contributed by atoms with Crippen LogP contribution in [0.4, 0.5) is 8.78 Å². The van der Waals surface area contributed by atoms with Gasteiger partial charge in [-0.3, -0.25) is 0 Å². The number of hydrogen-bond donors (Lipinski definition) is 1. The number of aromatic carboxylic acids is 1. The molecule has 220 valence electrons. The van der Waals surface area contributed by atoms with Gasteiger partial charge in [-0.25, -0.2) is 23.5 Å². The molecule has 1 aliphatic rings. The summed E-state index contributed by atoms with van der Waals surface area (Å²) in [5, 5.41) is 10.2. The fourth-order valence-electron chi connectivity index (χ4n) is 5.40. The average molecular weight is 604 g/mol. The predicted octanol–water partition coefficient (Wildman–Crippen LogP) is 7.50. The highest BCUT2D eigenvalue weighted by atomic mass is 35.5. The van der Waals surface area contributed by atoms with Crippen LogP contribution in [0.3, 0.4) is 0 Å². The zero-order valence-electron chi connectivity index (χ0n) is 23.5. The number of carbonyl (C=O) groups is 1. The molecule has 1 aliphatic heterocycles. The molecule has 0 amide bonds. The van der Waals surface area contributed by atoms with Crippen molar-refractivity contribution < 1.29 is 28.2 Å². The summed E-state index contributed by atoms with van der Waals surface area (Å²) in [7, 11) is 0. The molecule has 3 aromatic carbocycles. The Balaban J connectivity index is 1.32. The minimum atomic E-state index is -1.06. The number of pyridine rings is 1. The van der Waals surface area contributed by atoms with Crippen LogP contribution in [-0.2, 0) is 17.8 Å². The van der Waals surface area contributed by atoms with Crippen molar-refractivity contribution in [3.8, 4) is 17.1 Å². The second kappa shape index (κ2) is 11.4. The number of aromatic nitrogens is 3. The molecule has 1 saturated heterocycles. The number of fused-ring (bicyclic) bond motifs is 1. The quantitative estimate of drug-likeness (QED) is 0.198. The van der Waals surface area contributed by atoms with Crippen molar-refractivity contribution in [2.75, 3.05) is 13.2 Å². The van der Waals surface area contributed by atoms with Crippen molar-refractivity contribution in [2.24, 2.45) is 5.41 Å². The number of imidazole rings is 1. The van der Waals surface area contributed by atoms with Gasteiger partial charge in [-0.2, -0.15) is 0 Å². The lowest BCUT2D eigenvalue weighted by molar-refractivity contribution is 0.0697. The summed E-state index contributed by atoms with van der Waals surface area (Å²) in [6, 6.07) is 18.9. The minimum absolute atomic E-state index is 0.00289. The van der Waals surface area contributed by atoms with Gasteiger partial charge in [0.25, 0.3) is 0 Å². The molecule has 0 saturated carbocycles. The monoisotopic (exact) mass is 603 g/mol. The van der Waals surface area contributed by atoms with Crippen molar-refractivity contribution in [1.29, 1.82) is 0 Å². The van der Waals surface area contributed by atoms with Gasteiger partial charge in [-0.15, -0.1) is 0 Å². The summed E-state index contributed by atoms with van der Waals surface area (Å²) < 4.78 is 44.6. The van der Waals surface area contributed by atoms with Crippen LogP contribution in [0.15, 0.2) is 72.8 Å². The van der Waals surface area contributed by atoms with E-state index < -0.39 is 17.6 Å². The van der Waals surface area contributed by atoms with Crippen LogP contribution >= 0.6 is 11.6 Å². The van der Waals surface area contributed by atoms with Gasteiger partial charge in [0.1, 0.15) is 24.1 Å². The average Bonchev–Trinajstić information content (AvgIpc) is 3.51. The summed E-state index contributed by atoms with van der Waals surface area (Å²) in [4.78, 5) is 20.8. The maximum absolute atomic E-state index is 15.6. The number of carboxylic acid groups (broad SMARTS) is 1. The molecule has 43 heavy (non-hydrogen) atoms. The van der Waals surface area contributed by atoms with Crippen LogP contribution < -0.4 is 4.74 Å². The van der Waals surface area contributed by atoms with Gasteiger partial charge in [-0.05, 0) is 59.7 Å². The Bertz CT molecular complexity index is 1840. The Morgan fingerprint density at radius 2 is 1.86 bits per heavy atom.